The molecule has 0 bridgehead atoms. The molecule has 0 aliphatic heterocycles. The molecule has 5 heteroatoms. The Morgan fingerprint density at radius 2 is 2.00 bits per heavy atom. The van der Waals surface area contributed by atoms with Crippen LogP contribution in [0.3, 0.4) is 0 Å². The lowest BCUT2D eigenvalue weighted by Crippen LogP contribution is -2.55. The van der Waals surface area contributed by atoms with Crippen molar-refractivity contribution in [1.29, 1.82) is 0 Å². The largest absolute Gasteiger partial charge is 0.456 e. The summed E-state index contributed by atoms with van der Waals surface area (Å²) in [6.07, 6.45) is 0. The predicted octanol–water partition coefficient (Wildman–Crippen LogP) is 1.77. The second-order valence-electron chi connectivity index (χ2n) is 4.30. The minimum atomic E-state index is -0.596. The van der Waals surface area contributed by atoms with E-state index in [1.165, 1.54) is 18.2 Å². The van der Waals surface area contributed by atoms with E-state index in [1.54, 1.807) is 25.9 Å². The van der Waals surface area contributed by atoms with E-state index in [0.717, 1.165) is 0 Å². The first-order valence-corrected chi connectivity index (χ1v) is 5.12. The van der Waals surface area contributed by atoms with Crippen LogP contribution in [-0.4, -0.2) is 11.6 Å². The molecular formula is C11H13ClNO3+. The molecule has 0 heterocycles. The molecule has 16 heavy (non-hydrogen) atoms. The van der Waals surface area contributed by atoms with Gasteiger partial charge in [-0.05, 0) is 26.8 Å². The highest BCUT2D eigenvalue weighted by Gasteiger charge is 2.21. The molecule has 0 unspecified atom stereocenters. The van der Waals surface area contributed by atoms with Gasteiger partial charge < -0.3 is 4.74 Å². The van der Waals surface area contributed by atoms with Crippen molar-refractivity contribution in [3.8, 4) is 0 Å². The van der Waals surface area contributed by atoms with Crippen molar-refractivity contribution in [3.05, 3.63) is 33.7 Å². The van der Waals surface area contributed by atoms with E-state index < -0.39 is 11.6 Å². The first-order valence-electron chi connectivity index (χ1n) is 4.74. The summed E-state index contributed by atoms with van der Waals surface area (Å²) in [5.41, 5.74) is -0.149. The van der Waals surface area contributed by atoms with Crippen LogP contribution in [-0.2, 0) is 4.74 Å². The Labute approximate surface area is 98.5 Å². The van der Waals surface area contributed by atoms with Crippen molar-refractivity contribution in [2.24, 2.45) is 0 Å². The Bertz CT molecular complexity index is 424. The maximum Gasteiger partial charge on any atom is 0.340 e. The van der Waals surface area contributed by atoms with Gasteiger partial charge in [0.15, 0.2) is 0 Å². The van der Waals surface area contributed by atoms with E-state index in [-0.39, 0.29) is 16.3 Å². The summed E-state index contributed by atoms with van der Waals surface area (Å²) in [5.74, 6) is -0.547. The van der Waals surface area contributed by atoms with E-state index in [1.807, 2.05) is 0 Å². The summed E-state index contributed by atoms with van der Waals surface area (Å²) in [4.78, 5) is 22.2. The monoisotopic (exact) mass is 242 g/mol. The second kappa shape index (κ2) is 4.61. The Kier molecular flexibility index (Phi) is 3.65. The summed E-state index contributed by atoms with van der Waals surface area (Å²) < 4.78 is 5.15. The molecular weight excluding hydrogens is 230 g/mol. The van der Waals surface area contributed by atoms with Crippen LogP contribution in [0.15, 0.2) is 18.2 Å². The fraction of sp³-hybridized carbons (Fsp3) is 0.364. The van der Waals surface area contributed by atoms with Crippen molar-refractivity contribution in [2.75, 3.05) is 0 Å². The van der Waals surface area contributed by atoms with Gasteiger partial charge in [0, 0.05) is 22.2 Å². The third-order valence-corrected chi connectivity index (χ3v) is 2.03. The third kappa shape index (κ3) is 3.31. The fourth-order valence-corrected chi connectivity index (χ4v) is 1.27. The van der Waals surface area contributed by atoms with E-state index in [4.69, 9.17) is 16.3 Å². The number of ether oxygens (including phenoxy) is 1. The molecule has 1 rings (SSSR count). The predicted molar refractivity (Wildman–Crippen MR) is 60.6 cm³/mol. The van der Waals surface area contributed by atoms with Gasteiger partial charge in [-0.2, -0.15) is 0 Å². The highest BCUT2D eigenvalue weighted by molar-refractivity contribution is 6.33. The zero-order valence-corrected chi connectivity index (χ0v) is 10.1. The van der Waals surface area contributed by atoms with Crippen LogP contribution in [0.2, 0.25) is 5.02 Å². The molecule has 1 aromatic rings. The molecule has 0 atom stereocenters. The number of carbonyl (C=O) groups excluding carboxylic acids is 1. The normalized spacial score (nSPS) is 11.0. The number of hydrogen-bond acceptors (Lipinski definition) is 3. The Morgan fingerprint density at radius 3 is 2.50 bits per heavy atom. The third-order valence-electron chi connectivity index (χ3n) is 1.70. The molecule has 0 amide bonds. The number of halogens is 1. The molecule has 0 saturated heterocycles. The van der Waals surface area contributed by atoms with E-state index >= 15 is 0 Å². The first-order chi connectivity index (χ1) is 7.33. The zero-order valence-electron chi connectivity index (χ0n) is 9.33. The number of nitrogens with one attached hydrogen (secondary N) is 1. The number of esters is 1. The van der Waals surface area contributed by atoms with E-state index in [2.05, 4.69) is 0 Å². The van der Waals surface area contributed by atoms with Gasteiger partial charge in [-0.25, -0.2) is 4.79 Å². The topological polar surface area (TPSA) is 57.3 Å². The Morgan fingerprint density at radius 1 is 1.38 bits per heavy atom. The van der Waals surface area contributed by atoms with Gasteiger partial charge in [0.1, 0.15) is 5.60 Å². The maximum absolute atomic E-state index is 11.7. The molecule has 4 nitrogen and oxygen atoms in total. The van der Waals surface area contributed by atoms with Crippen molar-refractivity contribution in [2.45, 2.75) is 26.4 Å². The number of rotatable bonds is 2. The van der Waals surface area contributed by atoms with Crippen LogP contribution >= 0.6 is 11.6 Å². The fourth-order valence-electron chi connectivity index (χ4n) is 1.08. The van der Waals surface area contributed by atoms with Gasteiger partial charge in [-0.1, -0.05) is 11.6 Å². The number of nitroso groups, excluding NO2 is 1. The summed E-state index contributed by atoms with van der Waals surface area (Å²) >= 11 is 5.85. The lowest BCUT2D eigenvalue weighted by Gasteiger charge is -2.19. The first kappa shape index (κ1) is 12.6. The van der Waals surface area contributed by atoms with Gasteiger partial charge in [-0.3, -0.25) is 0 Å². The summed E-state index contributed by atoms with van der Waals surface area (Å²) in [5, 5.41) is 1.95. The van der Waals surface area contributed by atoms with Gasteiger partial charge in [0.05, 0.1) is 10.6 Å². The highest BCUT2D eigenvalue weighted by atomic mass is 35.5. The van der Waals surface area contributed by atoms with Crippen molar-refractivity contribution in [1.82, 2.24) is 0 Å². The van der Waals surface area contributed by atoms with Crippen LogP contribution in [0, 0.1) is 4.91 Å². The minimum absolute atomic E-state index is 0.178. The van der Waals surface area contributed by atoms with Gasteiger partial charge in [0.25, 0.3) is 5.69 Å². The molecule has 1 N–H and O–H groups in total. The molecule has 0 aliphatic carbocycles. The number of benzene rings is 1. The molecule has 0 saturated carbocycles. The highest BCUT2D eigenvalue weighted by Crippen LogP contribution is 2.21. The van der Waals surface area contributed by atoms with E-state index in [9.17, 15) is 9.70 Å². The molecule has 0 radical (unpaired) electrons. The molecule has 0 spiro atoms. The summed E-state index contributed by atoms with van der Waals surface area (Å²) in [6, 6.07) is 4.33. The average Bonchev–Trinajstić information content (AvgIpc) is 2.15. The van der Waals surface area contributed by atoms with Crippen LogP contribution in [0.4, 0.5) is 5.69 Å². The molecule has 0 aliphatic rings. The van der Waals surface area contributed by atoms with Crippen LogP contribution in [0.1, 0.15) is 31.1 Å². The molecule has 86 valence electrons. The maximum atomic E-state index is 11.7. The van der Waals surface area contributed by atoms with Crippen LogP contribution in [0.25, 0.3) is 0 Å². The smallest absolute Gasteiger partial charge is 0.340 e. The number of hydrogen-bond donors (Lipinski definition) is 1. The molecule has 0 aromatic heterocycles. The standard InChI is InChI=1S/C11H12ClNO3/c1-11(2,3)16-10(14)8-6-7(13-15)4-5-9(8)12/h4-6H,1-3H3/p+1. The van der Waals surface area contributed by atoms with Crippen molar-refractivity contribution < 1.29 is 14.7 Å². The summed E-state index contributed by atoms with van der Waals surface area (Å²) in [6.45, 7) is 5.28. The molecule has 1 aromatic carbocycles. The lowest BCUT2D eigenvalue weighted by atomic mass is 10.1. The quantitative estimate of drug-likeness (QED) is 0.805. The molecule has 0 fully saturated rings. The zero-order chi connectivity index (χ0) is 12.3. The SMILES string of the molecule is CC(C)(C)OC(=O)c1cc([NH+]=O)ccc1Cl. The van der Waals surface area contributed by atoms with E-state index in [0.29, 0.717) is 0 Å². The van der Waals surface area contributed by atoms with Crippen molar-refractivity contribution in [3.63, 3.8) is 0 Å². The van der Waals surface area contributed by atoms with Crippen LogP contribution in [0.5, 0.6) is 0 Å². The minimum Gasteiger partial charge on any atom is -0.456 e. The van der Waals surface area contributed by atoms with Crippen LogP contribution < -0.4 is 5.18 Å². The Hall–Kier alpha value is -1.42. The lowest BCUT2D eigenvalue weighted by molar-refractivity contribution is -0.379. The van der Waals surface area contributed by atoms with Gasteiger partial charge in [-0.15, -0.1) is 0 Å². The average molecular weight is 243 g/mol. The second-order valence-corrected chi connectivity index (χ2v) is 4.71. The number of carbonyl (C=O) groups is 1. The van der Waals surface area contributed by atoms with Gasteiger partial charge >= 0.3 is 5.97 Å². The van der Waals surface area contributed by atoms with Gasteiger partial charge in [0.2, 0.25) is 0 Å². The van der Waals surface area contributed by atoms with Crippen molar-refractivity contribution >= 4 is 23.3 Å². The summed E-state index contributed by atoms with van der Waals surface area (Å²) in [7, 11) is 0. The Balaban J connectivity index is 3.03.